The van der Waals surface area contributed by atoms with Crippen molar-refractivity contribution in [3.05, 3.63) is 0 Å². The first-order valence-corrected chi connectivity index (χ1v) is 6.91. The normalized spacial score (nSPS) is 40.6. The molecule has 3 aliphatic heterocycles. The molecule has 1 amide bonds. The van der Waals surface area contributed by atoms with Crippen LogP contribution in [0.3, 0.4) is 0 Å². The van der Waals surface area contributed by atoms with Crippen LogP contribution in [0.15, 0.2) is 0 Å². The van der Waals surface area contributed by atoms with Crippen molar-refractivity contribution < 1.29 is 19.4 Å². The maximum atomic E-state index is 12.5. The minimum absolute atomic E-state index is 0.0128. The van der Waals surface area contributed by atoms with Gasteiger partial charge in [-0.1, -0.05) is 0 Å². The fourth-order valence-electron chi connectivity index (χ4n) is 3.68. The van der Waals surface area contributed by atoms with Crippen LogP contribution in [0.4, 0.5) is 0 Å². The first-order chi connectivity index (χ1) is 9.08. The molecule has 0 aromatic rings. The van der Waals surface area contributed by atoms with Gasteiger partial charge in [-0.15, -0.1) is 0 Å². The Balaban J connectivity index is 1.68. The maximum Gasteiger partial charge on any atom is 0.311 e. The van der Waals surface area contributed by atoms with Crippen LogP contribution in [0.25, 0.3) is 0 Å². The number of aliphatic carboxylic acids is 1. The molecule has 5 unspecified atom stereocenters. The van der Waals surface area contributed by atoms with E-state index in [1.165, 1.54) is 0 Å². The number of nitrogens with zero attached hydrogens (tertiary/aromatic N) is 1. The Labute approximate surface area is 112 Å². The molecule has 2 bridgehead atoms. The second-order valence-electron chi connectivity index (χ2n) is 5.89. The van der Waals surface area contributed by atoms with Gasteiger partial charge in [0.1, 0.15) is 5.92 Å². The monoisotopic (exact) mass is 268 g/mol. The van der Waals surface area contributed by atoms with Crippen molar-refractivity contribution >= 4 is 11.9 Å². The number of nitrogens with one attached hydrogen (secondary N) is 1. The lowest BCUT2D eigenvalue weighted by Gasteiger charge is -2.31. The number of hydrogen-bond acceptors (Lipinski definition) is 4. The van der Waals surface area contributed by atoms with Gasteiger partial charge >= 0.3 is 5.97 Å². The summed E-state index contributed by atoms with van der Waals surface area (Å²) in [6.45, 7) is 0.528. The summed E-state index contributed by atoms with van der Waals surface area (Å²) in [4.78, 5) is 25.3. The number of carboxylic acid groups (broad SMARTS) is 1. The smallest absolute Gasteiger partial charge is 0.311 e. The molecule has 0 spiro atoms. The topological polar surface area (TPSA) is 78.9 Å². The molecular weight excluding hydrogens is 248 g/mol. The SMILES string of the molecule is CN(C(=O)C1CC2CCC1N2)C1COCC1C(=O)O. The number of amides is 1. The van der Waals surface area contributed by atoms with Gasteiger partial charge in [0.05, 0.1) is 25.2 Å². The molecule has 3 heterocycles. The predicted molar refractivity (Wildman–Crippen MR) is 66.6 cm³/mol. The van der Waals surface area contributed by atoms with Crippen LogP contribution in [0.2, 0.25) is 0 Å². The summed E-state index contributed by atoms with van der Waals surface area (Å²) >= 11 is 0. The number of carbonyl (C=O) groups is 2. The molecule has 19 heavy (non-hydrogen) atoms. The Morgan fingerprint density at radius 3 is 2.63 bits per heavy atom. The third kappa shape index (κ3) is 2.12. The van der Waals surface area contributed by atoms with E-state index in [-0.39, 0.29) is 30.5 Å². The van der Waals surface area contributed by atoms with Gasteiger partial charge in [-0.25, -0.2) is 0 Å². The van der Waals surface area contributed by atoms with Crippen LogP contribution in [0.1, 0.15) is 19.3 Å². The van der Waals surface area contributed by atoms with Gasteiger partial charge in [-0.05, 0) is 19.3 Å². The van der Waals surface area contributed by atoms with E-state index in [4.69, 9.17) is 9.84 Å². The molecular formula is C13H20N2O4. The van der Waals surface area contributed by atoms with Gasteiger partial charge in [0.2, 0.25) is 5.91 Å². The average molecular weight is 268 g/mol. The number of ether oxygens (including phenoxy) is 1. The quantitative estimate of drug-likeness (QED) is 0.734. The average Bonchev–Trinajstić information content (AvgIpc) is 3.11. The third-order valence-electron chi connectivity index (χ3n) is 4.83. The summed E-state index contributed by atoms with van der Waals surface area (Å²) in [6.07, 6.45) is 3.10. The Kier molecular flexibility index (Phi) is 3.22. The number of carbonyl (C=O) groups excluding carboxylic acids is 1. The Morgan fingerprint density at radius 1 is 1.26 bits per heavy atom. The Morgan fingerprint density at radius 2 is 2.05 bits per heavy atom. The van der Waals surface area contributed by atoms with E-state index in [0.29, 0.717) is 12.6 Å². The van der Waals surface area contributed by atoms with Crippen LogP contribution in [0, 0.1) is 11.8 Å². The zero-order chi connectivity index (χ0) is 13.6. The molecule has 3 rings (SSSR count). The summed E-state index contributed by atoms with van der Waals surface area (Å²) in [5, 5.41) is 12.6. The van der Waals surface area contributed by atoms with E-state index in [9.17, 15) is 9.59 Å². The van der Waals surface area contributed by atoms with Crippen LogP contribution >= 0.6 is 0 Å². The van der Waals surface area contributed by atoms with Crippen molar-refractivity contribution in [2.75, 3.05) is 20.3 Å². The second kappa shape index (κ2) is 4.76. The van der Waals surface area contributed by atoms with Crippen LogP contribution < -0.4 is 5.32 Å². The largest absolute Gasteiger partial charge is 0.481 e. The predicted octanol–water partition coefficient (Wildman–Crippen LogP) is -0.315. The minimum atomic E-state index is -0.881. The summed E-state index contributed by atoms with van der Waals surface area (Å²) in [5.41, 5.74) is 0. The van der Waals surface area contributed by atoms with E-state index in [0.717, 1.165) is 19.3 Å². The Bertz CT molecular complexity index is 400. The van der Waals surface area contributed by atoms with Crippen LogP contribution in [0.5, 0.6) is 0 Å². The number of carboxylic acids is 1. The molecule has 6 heteroatoms. The Hall–Kier alpha value is -1.14. The minimum Gasteiger partial charge on any atom is -0.481 e. The van der Waals surface area contributed by atoms with Gasteiger partial charge in [0.15, 0.2) is 0 Å². The molecule has 0 radical (unpaired) electrons. The fourth-order valence-corrected chi connectivity index (χ4v) is 3.68. The highest BCUT2D eigenvalue weighted by molar-refractivity contribution is 5.81. The number of rotatable bonds is 3. The molecule has 3 aliphatic rings. The first-order valence-electron chi connectivity index (χ1n) is 6.91. The van der Waals surface area contributed by atoms with Crippen LogP contribution in [-0.4, -0.2) is 60.3 Å². The molecule has 106 valence electrons. The van der Waals surface area contributed by atoms with Gasteiger partial charge in [0, 0.05) is 19.1 Å². The summed E-state index contributed by atoms with van der Waals surface area (Å²) in [5.74, 6) is -1.39. The molecule has 6 nitrogen and oxygen atoms in total. The second-order valence-corrected chi connectivity index (χ2v) is 5.89. The molecule has 0 aromatic carbocycles. The lowest BCUT2D eigenvalue weighted by Crippen LogP contribution is -2.48. The molecule has 3 saturated heterocycles. The molecule has 0 aliphatic carbocycles. The van der Waals surface area contributed by atoms with E-state index in [1.807, 2.05) is 0 Å². The van der Waals surface area contributed by atoms with Crippen molar-refractivity contribution in [3.63, 3.8) is 0 Å². The lowest BCUT2D eigenvalue weighted by atomic mass is 9.87. The highest BCUT2D eigenvalue weighted by Gasteiger charge is 2.46. The number of likely N-dealkylation sites (N-methyl/N-ethyl adjacent to an activating group) is 1. The number of hydrogen-bond donors (Lipinski definition) is 2. The fraction of sp³-hybridized carbons (Fsp3) is 0.846. The molecule has 2 N–H and O–H groups in total. The summed E-state index contributed by atoms with van der Waals surface area (Å²) in [6, 6.07) is 0.428. The van der Waals surface area contributed by atoms with Gasteiger partial charge in [-0.3, -0.25) is 9.59 Å². The van der Waals surface area contributed by atoms with Gasteiger partial charge in [0.25, 0.3) is 0 Å². The highest BCUT2D eigenvalue weighted by atomic mass is 16.5. The van der Waals surface area contributed by atoms with Crippen molar-refractivity contribution in [1.29, 1.82) is 0 Å². The molecule has 5 atom stereocenters. The number of fused-ring (bicyclic) bond motifs is 2. The van der Waals surface area contributed by atoms with Gasteiger partial charge < -0.3 is 20.1 Å². The van der Waals surface area contributed by atoms with Crippen molar-refractivity contribution in [2.24, 2.45) is 11.8 Å². The first kappa shape index (κ1) is 12.9. The standard InChI is InChI=1S/C13H20N2O4/c1-15(11-6-19-5-9(11)13(17)18)12(16)8-4-7-2-3-10(8)14-7/h7-11,14H,2-6H2,1H3,(H,17,18). The van der Waals surface area contributed by atoms with Crippen LogP contribution in [-0.2, 0) is 14.3 Å². The summed E-state index contributed by atoms with van der Waals surface area (Å²) < 4.78 is 5.24. The van der Waals surface area contributed by atoms with Crippen molar-refractivity contribution in [1.82, 2.24) is 10.2 Å². The lowest BCUT2D eigenvalue weighted by molar-refractivity contribution is -0.145. The van der Waals surface area contributed by atoms with E-state index in [1.54, 1.807) is 11.9 Å². The molecule has 0 aromatic heterocycles. The van der Waals surface area contributed by atoms with E-state index < -0.39 is 11.9 Å². The van der Waals surface area contributed by atoms with E-state index >= 15 is 0 Å². The third-order valence-corrected chi connectivity index (χ3v) is 4.83. The van der Waals surface area contributed by atoms with Gasteiger partial charge in [-0.2, -0.15) is 0 Å². The van der Waals surface area contributed by atoms with Crippen molar-refractivity contribution in [3.8, 4) is 0 Å². The van der Waals surface area contributed by atoms with E-state index in [2.05, 4.69) is 5.32 Å². The molecule has 3 fully saturated rings. The van der Waals surface area contributed by atoms with Crippen molar-refractivity contribution in [2.45, 2.75) is 37.4 Å². The highest BCUT2D eigenvalue weighted by Crippen LogP contribution is 2.35. The summed E-state index contributed by atoms with van der Waals surface area (Å²) in [7, 11) is 1.71. The zero-order valence-corrected chi connectivity index (χ0v) is 11.0. The maximum absolute atomic E-state index is 12.5. The molecule has 0 saturated carbocycles. The zero-order valence-electron chi connectivity index (χ0n) is 11.0.